The lowest BCUT2D eigenvalue weighted by Gasteiger charge is -2.34. The number of amides is 1. The summed E-state index contributed by atoms with van der Waals surface area (Å²) in [6.45, 7) is 2.89. The summed E-state index contributed by atoms with van der Waals surface area (Å²) < 4.78 is 26.2. The van der Waals surface area contributed by atoms with Crippen LogP contribution in [0.5, 0.6) is 0 Å². The van der Waals surface area contributed by atoms with Crippen molar-refractivity contribution in [2.75, 3.05) is 18.8 Å². The zero-order chi connectivity index (χ0) is 16.2. The quantitative estimate of drug-likeness (QED) is 0.738. The molecule has 23 heavy (non-hydrogen) atoms. The topological polar surface area (TPSA) is 92.5 Å². The molecule has 0 aromatic rings. The van der Waals surface area contributed by atoms with Crippen LogP contribution < -0.4 is 11.1 Å². The van der Waals surface area contributed by atoms with Crippen LogP contribution in [0.15, 0.2) is 0 Å². The van der Waals surface area contributed by atoms with Crippen LogP contribution in [0.2, 0.25) is 0 Å². The molecule has 6 nitrogen and oxygen atoms in total. The second kappa shape index (κ2) is 9.20. The molecule has 0 spiro atoms. The predicted octanol–water partition coefficient (Wildman–Crippen LogP) is 1.25. The Hall–Kier alpha value is -0.370. The molecule has 1 aliphatic carbocycles. The van der Waals surface area contributed by atoms with Crippen molar-refractivity contribution in [2.24, 2.45) is 11.7 Å². The average molecular weight is 368 g/mol. The molecule has 1 aliphatic heterocycles. The van der Waals surface area contributed by atoms with Crippen LogP contribution in [0.1, 0.15) is 51.9 Å². The number of nitrogens with two attached hydrogens (primary N) is 1. The van der Waals surface area contributed by atoms with Gasteiger partial charge in [-0.05, 0) is 44.6 Å². The molecule has 136 valence electrons. The molecule has 1 saturated heterocycles. The van der Waals surface area contributed by atoms with E-state index in [0.717, 1.165) is 32.1 Å². The number of nitrogens with one attached hydrogen (secondary N) is 1. The second-order valence-corrected chi connectivity index (χ2v) is 8.52. The molecule has 2 fully saturated rings. The summed E-state index contributed by atoms with van der Waals surface area (Å²) in [5.74, 6) is 0.309. The van der Waals surface area contributed by atoms with Crippen molar-refractivity contribution in [3.8, 4) is 0 Å². The third-order valence-electron chi connectivity index (χ3n) is 4.87. The average Bonchev–Trinajstić information content (AvgIpc) is 2.94. The van der Waals surface area contributed by atoms with E-state index >= 15 is 0 Å². The maximum atomic E-state index is 12.6. The largest absolute Gasteiger partial charge is 0.352 e. The molecule has 0 radical (unpaired) electrons. The highest BCUT2D eigenvalue weighted by Gasteiger charge is 2.38. The minimum Gasteiger partial charge on any atom is -0.352 e. The molecule has 3 atom stereocenters. The van der Waals surface area contributed by atoms with Crippen LogP contribution in [0.25, 0.3) is 0 Å². The van der Waals surface area contributed by atoms with Gasteiger partial charge in [0.2, 0.25) is 15.9 Å². The van der Waals surface area contributed by atoms with Crippen LogP contribution in [-0.4, -0.2) is 49.6 Å². The summed E-state index contributed by atoms with van der Waals surface area (Å²) in [5, 5.41) is 3.07. The van der Waals surface area contributed by atoms with Gasteiger partial charge >= 0.3 is 0 Å². The molecular formula is C15H30ClN3O3S. The highest BCUT2D eigenvalue weighted by atomic mass is 35.5. The first kappa shape index (κ1) is 20.7. The number of hydrogen-bond acceptors (Lipinski definition) is 4. The Kier molecular flexibility index (Phi) is 8.27. The Bertz CT molecular complexity index is 486. The number of hydrogen-bond donors (Lipinski definition) is 2. The number of piperidine rings is 1. The zero-order valence-corrected chi connectivity index (χ0v) is 15.5. The van der Waals surface area contributed by atoms with Gasteiger partial charge < -0.3 is 11.1 Å². The van der Waals surface area contributed by atoms with Gasteiger partial charge in [-0.25, -0.2) is 8.42 Å². The van der Waals surface area contributed by atoms with E-state index in [1.54, 1.807) is 0 Å². The molecule has 8 heteroatoms. The van der Waals surface area contributed by atoms with Crippen molar-refractivity contribution in [3.63, 3.8) is 0 Å². The molecule has 0 aromatic carbocycles. The van der Waals surface area contributed by atoms with Gasteiger partial charge in [0.05, 0.1) is 5.75 Å². The van der Waals surface area contributed by atoms with E-state index in [1.165, 1.54) is 4.31 Å². The Morgan fingerprint density at radius 1 is 1.22 bits per heavy atom. The molecule has 2 aliphatic rings. The van der Waals surface area contributed by atoms with Crippen LogP contribution >= 0.6 is 12.4 Å². The van der Waals surface area contributed by atoms with Crippen molar-refractivity contribution >= 4 is 28.3 Å². The molecule has 3 unspecified atom stereocenters. The standard InChI is InChI=1S/C15H29N3O3S.ClH/c1-2-10-22(20,21)18-9-4-3-8-14(18)15(19)17-13-7-5-6-12(13)11-16;/h12-14H,2-11,16H2,1H3,(H,17,19);1H. The van der Waals surface area contributed by atoms with Crippen molar-refractivity contribution in [3.05, 3.63) is 0 Å². The first-order valence-electron chi connectivity index (χ1n) is 8.49. The van der Waals surface area contributed by atoms with E-state index in [4.69, 9.17) is 5.73 Å². The van der Waals surface area contributed by atoms with Crippen LogP contribution in [0.4, 0.5) is 0 Å². The minimum absolute atomic E-state index is 0. The third kappa shape index (κ3) is 5.05. The number of nitrogens with zero attached hydrogens (tertiary/aromatic N) is 1. The molecule has 2 rings (SSSR count). The summed E-state index contributed by atoms with van der Waals surface area (Å²) in [5.41, 5.74) is 5.76. The lowest BCUT2D eigenvalue weighted by Crippen LogP contribution is -2.54. The lowest BCUT2D eigenvalue weighted by atomic mass is 10.0. The van der Waals surface area contributed by atoms with E-state index in [9.17, 15) is 13.2 Å². The van der Waals surface area contributed by atoms with Crippen LogP contribution in [-0.2, 0) is 14.8 Å². The fourth-order valence-electron chi connectivity index (χ4n) is 3.66. The van der Waals surface area contributed by atoms with Gasteiger partial charge in [0.1, 0.15) is 6.04 Å². The summed E-state index contributed by atoms with van der Waals surface area (Å²) in [6, 6.07) is -0.431. The fourth-order valence-corrected chi connectivity index (χ4v) is 5.41. The van der Waals surface area contributed by atoms with Gasteiger partial charge in [-0.3, -0.25) is 4.79 Å². The van der Waals surface area contributed by atoms with Crippen molar-refractivity contribution in [1.29, 1.82) is 0 Å². The Labute approximate surface area is 146 Å². The van der Waals surface area contributed by atoms with Crippen LogP contribution in [0, 0.1) is 5.92 Å². The van der Waals surface area contributed by atoms with E-state index < -0.39 is 16.1 Å². The summed E-state index contributed by atoms with van der Waals surface area (Å²) in [4.78, 5) is 12.6. The third-order valence-corrected chi connectivity index (χ3v) is 6.94. The van der Waals surface area contributed by atoms with Gasteiger partial charge in [0, 0.05) is 12.6 Å². The molecule has 0 aromatic heterocycles. The van der Waals surface area contributed by atoms with Crippen molar-refractivity contribution in [1.82, 2.24) is 9.62 Å². The number of halogens is 1. The van der Waals surface area contributed by atoms with Gasteiger partial charge in [-0.2, -0.15) is 4.31 Å². The van der Waals surface area contributed by atoms with Gasteiger partial charge in [-0.1, -0.05) is 19.8 Å². The lowest BCUT2D eigenvalue weighted by molar-refractivity contribution is -0.126. The van der Waals surface area contributed by atoms with Crippen LogP contribution in [0.3, 0.4) is 0 Å². The normalized spacial score (nSPS) is 29.0. The maximum Gasteiger partial charge on any atom is 0.238 e. The SMILES string of the molecule is CCCS(=O)(=O)N1CCCCC1C(=O)NC1CCCC1CN.Cl. The van der Waals surface area contributed by atoms with Gasteiger partial charge in [-0.15, -0.1) is 12.4 Å². The molecule has 1 amide bonds. The monoisotopic (exact) mass is 367 g/mol. The summed E-state index contributed by atoms with van der Waals surface area (Å²) in [6.07, 6.45) is 6.00. The smallest absolute Gasteiger partial charge is 0.238 e. The molecular weight excluding hydrogens is 338 g/mol. The molecule has 1 saturated carbocycles. The minimum atomic E-state index is -3.33. The highest BCUT2D eigenvalue weighted by Crippen LogP contribution is 2.26. The van der Waals surface area contributed by atoms with Gasteiger partial charge in [0.15, 0.2) is 0 Å². The predicted molar refractivity (Wildman–Crippen MR) is 94.0 cm³/mol. The van der Waals surface area contributed by atoms with Crippen molar-refractivity contribution < 1.29 is 13.2 Å². The number of sulfonamides is 1. The van der Waals surface area contributed by atoms with E-state index in [1.807, 2.05) is 6.92 Å². The van der Waals surface area contributed by atoms with E-state index in [0.29, 0.717) is 31.8 Å². The van der Waals surface area contributed by atoms with Gasteiger partial charge in [0.25, 0.3) is 0 Å². The van der Waals surface area contributed by atoms with E-state index in [-0.39, 0.29) is 30.1 Å². The molecule has 1 heterocycles. The number of rotatable bonds is 6. The molecule has 0 bridgehead atoms. The zero-order valence-electron chi connectivity index (χ0n) is 13.9. The molecule has 3 N–H and O–H groups in total. The Morgan fingerprint density at radius 3 is 2.61 bits per heavy atom. The Balaban J connectivity index is 0.00000264. The fraction of sp³-hybridized carbons (Fsp3) is 0.933. The highest BCUT2D eigenvalue weighted by molar-refractivity contribution is 7.89. The number of carbonyl (C=O) groups excluding carboxylic acids is 1. The summed E-state index contributed by atoms with van der Waals surface area (Å²) >= 11 is 0. The Morgan fingerprint density at radius 2 is 1.96 bits per heavy atom. The first-order valence-corrected chi connectivity index (χ1v) is 10.1. The number of carbonyl (C=O) groups is 1. The maximum absolute atomic E-state index is 12.6. The summed E-state index contributed by atoms with van der Waals surface area (Å²) in [7, 11) is -3.33. The van der Waals surface area contributed by atoms with Crippen molar-refractivity contribution in [2.45, 2.75) is 64.0 Å². The van der Waals surface area contributed by atoms with E-state index in [2.05, 4.69) is 5.32 Å². The first-order chi connectivity index (χ1) is 10.5. The second-order valence-electron chi connectivity index (χ2n) is 6.48.